The van der Waals surface area contributed by atoms with Crippen molar-refractivity contribution in [2.75, 3.05) is 0 Å². The van der Waals surface area contributed by atoms with E-state index in [0.29, 0.717) is 5.92 Å². The maximum atomic E-state index is 4.82. The van der Waals surface area contributed by atoms with Crippen LogP contribution in [0, 0.1) is 11.3 Å². The highest BCUT2D eigenvalue weighted by Crippen LogP contribution is 2.29. The lowest BCUT2D eigenvalue weighted by Crippen LogP contribution is -2.35. The van der Waals surface area contributed by atoms with Gasteiger partial charge in [-0.1, -0.05) is 33.8 Å². The Bertz CT molecular complexity index is 427. The van der Waals surface area contributed by atoms with Gasteiger partial charge in [0.25, 0.3) is 0 Å². The van der Waals surface area contributed by atoms with Crippen molar-refractivity contribution in [2.45, 2.75) is 40.2 Å². The van der Waals surface area contributed by atoms with E-state index in [2.05, 4.69) is 57.9 Å². The molecule has 1 atom stereocenters. The SMILES string of the molecule is CC(C)C1(C)C=CN2N=CC(C)(C)C=CC2=N1. The van der Waals surface area contributed by atoms with Crippen LogP contribution in [0.4, 0.5) is 0 Å². The van der Waals surface area contributed by atoms with Crippen molar-refractivity contribution >= 4 is 12.1 Å². The van der Waals surface area contributed by atoms with Gasteiger partial charge in [-0.05, 0) is 25.0 Å². The van der Waals surface area contributed by atoms with Crippen LogP contribution < -0.4 is 0 Å². The molecule has 0 aromatic rings. The molecule has 0 bridgehead atoms. The average molecular weight is 231 g/mol. The molecule has 3 nitrogen and oxygen atoms in total. The Balaban J connectivity index is 2.39. The molecular formula is C14H21N3. The number of nitrogens with zero attached hydrogens (tertiary/aromatic N) is 3. The second kappa shape index (κ2) is 3.83. The number of allylic oxidation sites excluding steroid dienone is 1. The Morgan fingerprint density at radius 2 is 1.88 bits per heavy atom. The first-order valence-electron chi connectivity index (χ1n) is 6.15. The maximum absolute atomic E-state index is 4.82. The van der Waals surface area contributed by atoms with Gasteiger partial charge in [-0.25, -0.2) is 5.01 Å². The predicted octanol–water partition coefficient (Wildman–Crippen LogP) is 3.21. The summed E-state index contributed by atoms with van der Waals surface area (Å²) in [5, 5.41) is 6.29. The van der Waals surface area contributed by atoms with Crippen LogP contribution in [0.3, 0.4) is 0 Å². The van der Waals surface area contributed by atoms with Crippen molar-refractivity contribution in [3.8, 4) is 0 Å². The van der Waals surface area contributed by atoms with E-state index < -0.39 is 0 Å². The highest BCUT2D eigenvalue weighted by Gasteiger charge is 2.30. The highest BCUT2D eigenvalue weighted by atomic mass is 15.5. The Morgan fingerprint density at radius 3 is 2.53 bits per heavy atom. The van der Waals surface area contributed by atoms with Crippen molar-refractivity contribution in [2.24, 2.45) is 21.4 Å². The van der Waals surface area contributed by atoms with Crippen molar-refractivity contribution in [1.82, 2.24) is 5.01 Å². The molecule has 0 fully saturated rings. The molecule has 0 aromatic heterocycles. The molecule has 3 heteroatoms. The van der Waals surface area contributed by atoms with Crippen LogP contribution in [0.1, 0.15) is 34.6 Å². The van der Waals surface area contributed by atoms with E-state index in [4.69, 9.17) is 4.99 Å². The summed E-state index contributed by atoms with van der Waals surface area (Å²) in [7, 11) is 0. The Labute approximate surface area is 104 Å². The van der Waals surface area contributed by atoms with E-state index in [-0.39, 0.29) is 11.0 Å². The van der Waals surface area contributed by atoms with E-state index in [1.54, 1.807) is 0 Å². The zero-order chi connectivity index (χ0) is 12.7. The standard InChI is InChI=1S/C14H21N3/c1-11(2)14(5)8-9-17-12(16-14)6-7-13(3,4)10-15-17/h6-11H,1-5H3. The molecule has 0 saturated carbocycles. The molecule has 0 saturated heterocycles. The van der Waals surface area contributed by atoms with Gasteiger partial charge in [0.1, 0.15) is 5.84 Å². The Morgan fingerprint density at radius 1 is 1.18 bits per heavy atom. The summed E-state index contributed by atoms with van der Waals surface area (Å²) < 4.78 is 0. The lowest BCUT2D eigenvalue weighted by molar-refractivity contribution is 0.397. The fourth-order valence-corrected chi connectivity index (χ4v) is 1.71. The third-order valence-corrected chi connectivity index (χ3v) is 3.49. The van der Waals surface area contributed by atoms with Gasteiger partial charge < -0.3 is 0 Å². The third-order valence-electron chi connectivity index (χ3n) is 3.49. The topological polar surface area (TPSA) is 28.0 Å². The number of fused-ring (bicyclic) bond motifs is 1. The molecule has 17 heavy (non-hydrogen) atoms. The second-order valence-electron chi connectivity index (χ2n) is 5.91. The number of amidine groups is 1. The number of aliphatic imine (C=N–C) groups is 1. The van der Waals surface area contributed by atoms with Gasteiger partial charge >= 0.3 is 0 Å². The lowest BCUT2D eigenvalue weighted by Gasteiger charge is -2.32. The number of hydrogen-bond donors (Lipinski definition) is 0. The van der Waals surface area contributed by atoms with Gasteiger partial charge in [-0.2, -0.15) is 5.10 Å². The van der Waals surface area contributed by atoms with Crippen LogP contribution in [-0.2, 0) is 0 Å². The van der Waals surface area contributed by atoms with Crippen molar-refractivity contribution in [3.63, 3.8) is 0 Å². The van der Waals surface area contributed by atoms with Gasteiger partial charge in [-0.15, -0.1) is 0 Å². The average Bonchev–Trinajstić information content (AvgIpc) is 2.38. The molecule has 2 aliphatic rings. The molecule has 2 heterocycles. The summed E-state index contributed by atoms with van der Waals surface area (Å²) in [5.41, 5.74) is -0.137. The fourth-order valence-electron chi connectivity index (χ4n) is 1.71. The molecule has 1 unspecified atom stereocenters. The Hall–Kier alpha value is -1.38. The lowest BCUT2D eigenvalue weighted by atomic mass is 9.88. The fraction of sp³-hybridized carbons (Fsp3) is 0.571. The third kappa shape index (κ3) is 2.33. The van der Waals surface area contributed by atoms with E-state index in [1.807, 2.05) is 17.4 Å². The smallest absolute Gasteiger partial charge is 0.149 e. The van der Waals surface area contributed by atoms with Crippen LogP contribution in [0.2, 0.25) is 0 Å². The van der Waals surface area contributed by atoms with Gasteiger partial charge in [0, 0.05) is 17.8 Å². The molecule has 2 aliphatic heterocycles. The number of hydrazone groups is 1. The van der Waals surface area contributed by atoms with Crippen LogP contribution >= 0.6 is 0 Å². The summed E-state index contributed by atoms with van der Waals surface area (Å²) in [5.74, 6) is 1.40. The molecule has 0 aliphatic carbocycles. The van der Waals surface area contributed by atoms with Crippen molar-refractivity contribution in [3.05, 3.63) is 24.4 Å². The summed E-state index contributed by atoms with van der Waals surface area (Å²) in [4.78, 5) is 4.82. The number of rotatable bonds is 1. The summed E-state index contributed by atoms with van der Waals surface area (Å²) >= 11 is 0. The largest absolute Gasteiger partial charge is 0.256 e. The van der Waals surface area contributed by atoms with Crippen LogP contribution in [0.15, 0.2) is 34.5 Å². The maximum Gasteiger partial charge on any atom is 0.149 e. The predicted molar refractivity (Wildman–Crippen MR) is 73.1 cm³/mol. The summed E-state index contributed by atoms with van der Waals surface area (Å²) in [6, 6.07) is 0. The first-order chi connectivity index (χ1) is 7.82. The molecule has 0 amide bonds. The highest BCUT2D eigenvalue weighted by molar-refractivity contribution is 5.96. The van der Waals surface area contributed by atoms with E-state index in [9.17, 15) is 0 Å². The minimum Gasteiger partial charge on any atom is -0.256 e. The van der Waals surface area contributed by atoms with Crippen LogP contribution in [0.5, 0.6) is 0 Å². The van der Waals surface area contributed by atoms with Crippen molar-refractivity contribution < 1.29 is 0 Å². The number of hydrogen-bond acceptors (Lipinski definition) is 3. The zero-order valence-electron chi connectivity index (χ0n) is 11.3. The molecule has 0 radical (unpaired) electrons. The molecular weight excluding hydrogens is 210 g/mol. The monoisotopic (exact) mass is 231 g/mol. The normalized spacial score (nSPS) is 30.2. The quantitative estimate of drug-likeness (QED) is 0.681. The zero-order valence-corrected chi connectivity index (χ0v) is 11.3. The minimum absolute atomic E-state index is 0.0120. The second-order valence-corrected chi connectivity index (χ2v) is 5.91. The first-order valence-corrected chi connectivity index (χ1v) is 6.15. The molecule has 0 aromatic carbocycles. The van der Waals surface area contributed by atoms with Gasteiger partial charge in [0.2, 0.25) is 0 Å². The molecule has 0 spiro atoms. The van der Waals surface area contributed by atoms with E-state index >= 15 is 0 Å². The van der Waals surface area contributed by atoms with Crippen molar-refractivity contribution in [1.29, 1.82) is 0 Å². The van der Waals surface area contributed by atoms with Gasteiger partial charge in [0.15, 0.2) is 0 Å². The Kier molecular flexibility index (Phi) is 2.72. The molecule has 92 valence electrons. The molecule has 2 rings (SSSR count). The van der Waals surface area contributed by atoms with Gasteiger partial charge in [-0.3, -0.25) is 4.99 Å². The van der Waals surface area contributed by atoms with E-state index in [1.165, 1.54) is 0 Å². The van der Waals surface area contributed by atoms with Crippen LogP contribution in [-0.4, -0.2) is 22.6 Å². The van der Waals surface area contributed by atoms with Crippen LogP contribution in [0.25, 0.3) is 0 Å². The van der Waals surface area contributed by atoms with Gasteiger partial charge in [0.05, 0.1) is 5.54 Å². The molecule has 0 N–H and O–H groups in total. The summed E-state index contributed by atoms with van der Waals surface area (Å²) in [6.07, 6.45) is 10.3. The first kappa shape index (κ1) is 12.1. The summed E-state index contributed by atoms with van der Waals surface area (Å²) in [6.45, 7) is 10.8. The minimum atomic E-state index is -0.125. The van der Waals surface area contributed by atoms with E-state index in [0.717, 1.165) is 5.84 Å².